The monoisotopic (exact) mass is 149 g/mol. The summed E-state index contributed by atoms with van der Waals surface area (Å²) in [5.41, 5.74) is 3.98. The first kappa shape index (κ1) is 7.43. The highest BCUT2D eigenvalue weighted by Crippen LogP contribution is 2.20. The Kier molecular flexibility index (Phi) is 1.61. The fourth-order valence-electron chi connectivity index (χ4n) is 0.730. The minimum absolute atomic E-state index is 0.0134. The zero-order valence-corrected chi connectivity index (χ0v) is 5.21. The SMILES string of the molecule is NC1(C(F)C(=O)O)COC1. The molecule has 0 saturated carbocycles. The van der Waals surface area contributed by atoms with Gasteiger partial charge >= 0.3 is 5.97 Å². The first-order valence-corrected chi connectivity index (χ1v) is 2.80. The van der Waals surface area contributed by atoms with Crippen molar-refractivity contribution >= 4 is 5.97 Å². The average Bonchev–Trinajstić information content (AvgIpc) is 1.81. The summed E-state index contributed by atoms with van der Waals surface area (Å²) in [6.45, 7) is -0.0269. The molecule has 1 heterocycles. The van der Waals surface area contributed by atoms with Gasteiger partial charge in [-0.05, 0) is 0 Å². The summed E-state index contributed by atoms with van der Waals surface area (Å²) in [7, 11) is 0. The van der Waals surface area contributed by atoms with E-state index in [2.05, 4.69) is 4.74 Å². The van der Waals surface area contributed by atoms with Gasteiger partial charge in [-0.3, -0.25) is 0 Å². The normalized spacial score (nSPS) is 25.0. The molecule has 1 aliphatic heterocycles. The third kappa shape index (κ3) is 0.975. The minimum atomic E-state index is -2.01. The molecule has 5 heteroatoms. The summed E-state index contributed by atoms with van der Waals surface area (Å²) in [5.74, 6) is -1.52. The van der Waals surface area contributed by atoms with Crippen molar-refractivity contribution in [3.8, 4) is 0 Å². The van der Waals surface area contributed by atoms with Gasteiger partial charge in [-0.25, -0.2) is 9.18 Å². The van der Waals surface area contributed by atoms with E-state index in [1.54, 1.807) is 0 Å². The minimum Gasteiger partial charge on any atom is -0.479 e. The maximum absolute atomic E-state index is 12.6. The highest BCUT2D eigenvalue weighted by molar-refractivity contribution is 5.74. The molecule has 1 aliphatic rings. The second-order valence-electron chi connectivity index (χ2n) is 2.43. The van der Waals surface area contributed by atoms with Crippen molar-refractivity contribution in [3.63, 3.8) is 0 Å². The van der Waals surface area contributed by atoms with Gasteiger partial charge in [0.05, 0.1) is 13.2 Å². The highest BCUT2D eigenvalue weighted by atomic mass is 19.1. The molecule has 4 nitrogen and oxygen atoms in total. The van der Waals surface area contributed by atoms with E-state index in [4.69, 9.17) is 10.8 Å². The molecule has 0 aromatic rings. The van der Waals surface area contributed by atoms with E-state index in [0.717, 1.165) is 0 Å². The van der Waals surface area contributed by atoms with Gasteiger partial charge in [0, 0.05) is 0 Å². The lowest BCUT2D eigenvalue weighted by atomic mass is 9.93. The summed E-state index contributed by atoms with van der Waals surface area (Å²) in [6.07, 6.45) is -2.01. The average molecular weight is 149 g/mol. The van der Waals surface area contributed by atoms with E-state index in [1.807, 2.05) is 0 Å². The van der Waals surface area contributed by atoms with E-state index in [9.17, 15) is 9.18 Å². The number of carbonyl (C=O) groups is 1. The van der Waals surface area contributed by atoms with E-state index < -0.39 is 17.7 Å². The maximum Gasteiger partial charge on any atom is 0.340 e. The lowest BCUT2D eigenvalue weighted by Gasteiger charge is -2.38. The van der Waals surface area contributed by atoms with Gasteiger partial charge in [0.1, 0.15) is 5.54 Å². The van der Waals surface area contributed by atoms with Gasteiger partial charge in [-0.15, -0.1) is 0 Å². The van der Waals surface area contributed by atoms with Crippen LogP contribution in [-0.4, -0.2) is 36.0 Å². The van der Waals surface area contributed by atoms with Crippen LogP contribution >= 0.6 is 0 Å². The predicted octanol–water partition coefficient (Wildman–Crippen LogP) is -0.863. The Morgan fingerprint density at radius 2 is 2.30 bits per heavy atom. The van der Waals surface area contributed by atoms with E-state index in [-0.39, 0.29) is 13.2 Å². The van der Waals surface area contributed by atoms with Crippen LogP contribution in [0.1, 0.15) is 0 Å². The van der Waals surface area contributed by atoms with Crippen molar-refractivity contribution in [1.29, 1.82) is 0 Å². The van der Waals surface area contributed by atoms with Crippen LogP contribution in [0.25, 0.3) is 0 Å². The zero-order chi connectivity index (χ0) is 7.78. The molecule has 1 saturated heterocycles. The first-order valence-electron chi connectivity index (χ1n) is 2.80. The Hall–Kier alpha value is -0.680. The zero-order valence-electron chi connectivity index (χ0n) is 5.21. The molecule has 0 aromatic heterocycles. The number of nitrogens with two attached hydrogens (primary N) is 1. The van der Waals surface area contributed by atoms with Gasteiger partial charge in [0.25, 0.3) is 0 Å². The highest BCUT2D eigenvalue weighted by Gasteiger charge is 2.46. The summed E-state index contributed by atoms with van der Waals surface area (Å²) in [6, 6.07) is 0. The van der Waals surface area contributed by atoms with Gasteiger partial charge in [0.15, 0.2) is 0 Å². The number of hydrogen-bond acceptors (Lipinski definition) is 3. The van der Waals surface area contributed by atoms with Crippen molar-refractivity contribution in [1.82, 2.24) is 0 Å². The molecule has 0 spiro atoms. The Morgan fingerprint density at radius 3 is 2.40 bits per heavy atom. The van der Waals surface area contributed by atoms with Crippen molar-refractivity contribution in [3.05, 3.63) is 0 Å². The van der Waals surface area contributed by atoms with E-state index in [0.29, 0.717) is 0 Å². The molecule has 0 amide bonds. The quantitative estimate of drug-likeness (QED) is 0.535. The van der Waals surface area contributed by atoms with Gasteiger partial charge in [-0.2, -0.15) is 0 Å². The molecule has 0 bridgehead atoms. The van der Waals surface area contributed by atoms with Crippen LogP contribution < -0.4 is 5.73 Å². The van der Waals surface area contributed by atoms with E-state index in [1.165, 1.54) is 0 Å². The van der Waals surface area contributed by atoms with E-state index >= 15 is 0 Å². The smallest absolute Gasteiger partial charge is 0.340 e. The molecule has 3 N–H and O–H groups in total. The molecule has 1 fully saturated rings. The second-order valence-corrected chi connectivity index (χ2v) is 2.43. The number of rotatable bonds is 2. The topological polar surface area (TPSA) is 72.6 Å². The molecule has 58 valence electrons. The van der Waals surface area contributed by atoms with Gasteiger partial charge in [0.2, 0.25) is 6.17 Å². The van der Waals surface area contributed by atoms with Crippen molar-refractivity contribution in [2.45, 2.75) is 11.7 Å². The van der Waals surface area contributed by atoms with Crippen molar-refractivity contribution in [2.75, 3.05) is 13.2 Å². The van der Waals surface area contributed by atoms with Crippen LogP contribution in [0.2, 0.25) is 0 Å². The first-order chi connectivity index (χ1) is 4.56. The van der Waals surface area contributed by atoms with Gasteiger partial charge in [-0.1, -0.05) is 0 Å². The van der Waals surface area contributed by atoms with Crippen molar-refractivity contribution in [2.24, 2.45) is 5.73 Å². The van der Waals surface area contributed by atoms with Crippen LogP contribution in [0.5, 0.6) is 0 Å². The summed E-state index contributed by atoms with van der Waals surface area (Å²) >= 11 is 0. The largest absolute Gasteiger partial charge is 0.479 e. The Labute approximate surface area is 56.8 Å². The molecular weight excluding hydrogens is 141 g/mol. The molecule has 1 unspecified atom stereocenters. The third-order valence-electron chi connectivity index (χ3n) is 1.46. The lowest BCUT2D eigenvalue weighted by Crippen LogP contribution is -2.65. The third-order valence-corrected chi connectivity index (χ3v) is 1.46. The Bertz CT molecular complexity index is 157. The number of carboxylic acid groups (broad SMARTS) is 1. The maximum atomic E-state index is 12.6. The Balaban J connectivity index is 2.54. The molecule has 0 radical (unpaired) electrons. The summed E-state index contributed by atoms with van der Waals surface area (Å²) < 4.78 is 17.1. The van der Waals surface area contributed by atoms with Crippen molar-refractivity contribution < 1.29 is 19.0 Å². The summed E-state index contributed by atoms with van der Waals surface area (Å²) in [5, 5.41) is 8.17. The summed E-state index contributed by atoms with van der Waals surface area (Å²) in [4.78, 5) is 10.0. The Morgan fingerprint density at radius 1 is 1.80 bits per heavy atom. The van der Waals surface area contributed by atoms with Gasteiger partial charge < -0.3 is 15.6 Å². The lowest BCUT2D eigenvalue weighted by molar-refractivity contribution is -0.157. The molecule has 0 aromatic carbocycles. The number of carboxylic acids is 1. The molecule has 0 aliphatic carbocycles. The molecule has 10 heavy (non-hydrogen) atoms. The molecule has 1 rings (SSSR count). The number of halogens is 1. The second kappa shape index (κ2) is 2.17. The molecular formula is C5H8FNO3. The number of alkyl halides is 1. The van der Waals surface area contributed by atoms with Crippen LogP contribution in [0.4, 0.5) is 4.39 Å². The van der Waals surface area contributed by atoms with Crippen LogP contribution in [0.15, 0.2) is 0 Å². The van der Waals surface area contributed by atoms with Crippen LogP contribution in [0.3, 0.4) is 0 Å². The number of hydrogen-bond donors (Lipinski definition) is 2. The fraction of sp³-hybridized carbons (Fsp3) is 0.800. The van der Waals surface area contributed by atoms with Crippen LogP contribution in [0, 0.1) is 0 Å². The fourth-order valence-corrected chi connectivity index (χ4v) is 0.730. The van der Waals surface area contributed by atoms with Crippen LogP contribution in [-0.2, 0) is 9.53 Å². The molecule has 1 atom stereocenters. The standard InChI is InChI=1S/C5H8FNO3/c6-3(4(8)9)5(7)1-10-2-5/h3H,1-2,7H2,(H,8,9). The number of ether oxygens (including phenoxy) is 1. The predicted molar refractivity (Wildman–Crippen MR) is 30.3 cm³/mol. The number of aliphatic carboxylic acids is 1.